The van der Waals surface area contributed by atoms with E-state index in [9.17, 15) is 9.59 Å². The molecule has 7 nitrogen and oxygen atoms in total. The van der Waals surface area contributed by atoms with Crippen LogP contribution in [0.25, 0.3) is 0 Å². The van der Waals surface area contributed by atoms with Gasteiger partial charge in [-0.3, -0.25) is 9.69 Å². The van der Waals surface area contributed by atoms with Crippen LogP contribution in [-0.2, 0) is 28.0 Å². The van der Waals surface area contributed by atoms with E-state index in [1.165, 1.54) is 0 Å². The number of hydrogen-bond acceptors (Lipinski definition) is 6. The lowest BCUT2D eigenvalue weighted by atomic mass is 9.70. The maximum Gasteiger partial charge on any atom is 0.411 e. The van der Waals surface area contributed by atoms with Gasteiger partial charge in [0.1, 0.15) is 16.9 Å². The number of ether oxygens (including phenoxy) is 2. The average molecular weight is 506 g/mol. The highest BCUT2D eigenvalue weighted by atomic mass is 32.1. The molecule has 3 aromatic rings. The number of aromatic nitrogens is 1. The summed E-state index contributed by atoms with van der Waals surface area (Å²) in [6.07, 6.45) is 1.12. The summed E-state index contributed by atoms with van der Waals surface area (Å²) in [7, 11) is 1.62. The Morgan fingerprint density at radius 2 is 1.89 bits per heavy atom. The molecule has 3 heterocycles. The van der Waals surface area contributed by atoms with Gasteiger partial charge < -0.3 is 14.4 Å². The Hall–Kier alpha value is -3.39. The second kappa shape index (κ2) is 9.58. The lowest BCUT2D eigenvalue weighted by Crippen LogP contribution is -2.59. The smallest absolute Gasteiger partial charge is 0.411 e. The van der Waals surface area contributed by atoms with Crippen molar-refractivity contribution < 1.29 is 19.1 Å². The van der Waals surface area contributed by atoms with Crippen LogP contribution in [-0.4, -0.2) is 52.6 Å². The van der Waals surface area contributed by atoms with Gasteiger partial charge in [-0.15, -0.1) is 11.3 Å². The van der Waals surface area contributed by atoms with Gasteiger partial charge in [0.05, 0.1) is 30.8 Å². The number of nitrogens with zero attached hydrogens (tertiary/aromatic N) is 3. The van der Waals surface area contributed by atoms with E-state index in [1.54, 1.807) is 18.4 Å². The molecule has 0 aliphatic carbocycles. The maximum absolute atomic E-state index is 13.4. The van der Waals surface area contributed by atoms with Crippen LogP contribution in [0.4, 0.5) is 4.79 Å². The Bertz CT molecular complexity index is 1250. The molecule has 1 atom stereocenters. The van der Waals surface area contributed by atoms with E-state index < -0.39 is 11.1 Å². The second-order valence-corrected chi connectivity index (χ2v) is 10.7. The first kappa shape index (κ1) is 24.3. The molecule has 0 saturated carbocycles. The fourth-order valence-electron chi connectivity index (χ4n) is 5.57. The van der Waals surface area contributed by atoms with Gasteiger partial charge >= 0.3 is 6.09 Å². The third-order valence-corrected chi connectivity index (χ3v) is 8.49. The minimum Gasteiger partial charge on any atom is -0.497 e. The molecule has 36 heavy (non-hydrogen) atoms. The van der Waals surface area contributed by atoms with E-state index >= 15 is 0 Å². The fraction of sp³-hybridized carbons (Fsp3) is 0.393. The SMILES string of the molecule is COc1cccc(CC(=O)N2CCC3(CC2)OC(=O)N(Cc2csc(C)n2)C3(C)c2ccccc2)c1. The Kier molecular flexibility index (Phi) is 6.47. The van der Waals surface area contributed by atoms with Gasteiger partial charge in [0.25, 0.3) is 0 Å². The Balaban J connectivity index is 1.38. The topological polar surface area (TPSA) is 72.0 Å². The molecule has 1 spiro atoms. The number of benzene rings is 2. The standard InChI is InChI=1S/C28H31N3O4S/c1-20-29-23(19-36-20)18-31-26(33)35-28(27(31,2)22-9-5-4-6-10-22)12-14-30(15-13-28)25(32)17-21-8-7-11-24(16-21)34-3/h4-11,16,19H,12-15,17-18H2,1-3H3. The van der Waals surface area contributed by atoms with E-state index in [4.69, 9.17) is 9.47 Å². The summed E-state index contributed by atoms with van der Waals surface area (Å²) in [5, 5.41) is 2.97. The quantitative estimate of drug-likeness (QED) is 0.475. The summed E-state index contributed by atoms with van der Waals surface area (Å²) in [5.41, 5.74) is 1.39. The van der Waals surface area contributed by atoms with Gasteiger partial charge in [-0.05, 0) is 37.1 Å². The van der Waals surface area contributed by atoms with E-state index in [-0.39, 0.29) is 12.0 Å². The summed E-state index contributed by atoms with van der Waals surface area (Å²) in [6, 6.07) is 17.7. The van der Waals surface area contributed by atoms with Gasteiger partial charge in [-0.2, -0.15) is 0 Å². The average Bonchev–Trinajstić information content (AvgIpc) is 3.40. The third kappa shape index (κ3) is 4.23. The normalized spacial score (nSPS) is 21.0. The molecule has 2 amide bonds. The molecular weight excluding hydrogens is 474 g/mol. The van der Waals surface area contributed by atoms with Crippen LogP contribution in [0.2, 0.25) is 0 Å². The third-order valence-electron chi connectivity index (χ3n) is 7.67. The van der Waals surface area contributed by atoms with Crippen LogP contribution in [0.15, 0.2) is 60.0 Å². The zero-order valence-electron chi connectivity index (χ0n) is 20.9. The van der Waals surface area contributed by atoms with Crippen LogP contribution in [0.3, 0.4) is 0 Å². The monoisotopic (exact) mass is 505 g/mol. The summed E-state index contributed by atoms with van der Waals surface area (Å²) < 4.78 is 11.5. The van der Waals surface area contributed by atoms with Crippen molar-refractivity contribution in [3.63, 3.8) is 0 Å². The zero-order valence-corrected chi connectivity index (χ0v) is 21.7. The molecule has 2 aliphatic heterocycles. The maximum atomic E-state index is 13.4. The first-order valence-electron chi connectivity index (χ1n) is 12.2. The summed E-state index contributed by atoms with van der Waals surface area (Å²) in [6.45, 7) is 5.51. The number of likely N-dealkylation sites (tertiary alicyclic amines) is 1. The van der Waals surface area contributed by atoms with Gasteiger partial charge in [0.15, 0.2) is 0 Å². The van der Waals surface area contributed by atoms with E-state index in [2.05, 4.69) is 24.0 Å². The number of methoxy groups -OCH3 is 1. The second-order valence-electron chi connectivity index (χ2n) is 9.65. The number of piperidine rings is 1. The predicted molar refractivity (Wildman–Crippen MR) is 138 cm³/mol. The number of carbonyl (C=O) groups is 2. The first-order chi connectivity index (χ1) is 17.3. The minimum absolute atomic E-state index is 0.0682. The highest BCUT2D eigenvalue weighted by molar-refractivity contribution is 7.09. The molecule has 2 aliphatic rings. The molecular formula is C28H31N3O4S. The van der Waals surface area contributed by atoms with Gasteiger partial charge in [-0.1, -0.05) is 42.5 Å². The fourth-order valence-corrected chi connectivity index (χ4v) is 6.18. The minimum atomic E-state index is -0.733. The van der Waals surface area contributed by atoms with Crippen molar-refractivity contribution in [3.05, 3.63) is 81.8 Å². The molecule has 2 fully saturated rings. The van der Waals surface area contributed by atoms with Crippen molar-refractivity contribution >= 4 is 23.3 Å². The molecule has 2 saturated heterocycles. The molecule has 8 heteroatoms. The Morgan fingerprint density at radius 3 is 2.56 bits per heavy atom. The van der Waals surface area contributed by atoms with Crippen molar-refractivity contribution in [2.45, 2.75) is 50.8 Å². The molecule has 1 aromatic heterocycles. The van der Waals surface area contributed by atoms with Gasteiger partial charge in [0, 0.05) is 31.3 Å². The van der Waals surface area contributed by atoms with Crippen molar-refractivity contribution in [1.82, 2.24) is 14.8 Å². The number of aryl methyl sites for hydroxylation is 1. The van der Waals surface area contributed by atoms with E-state index in [0.29, 0.717) is 38.9 Å². The van der Waals surface area contributed by atoms with E-state index in [0.717, 1.165) is 27.6 Å². The number of carbonyl (C=O) groups excluding carboxylic acids is 2. The number of hydrogen-bond donors (Lipinski definition) is 0. The van der Waals surface area contributed by atoms with Crippen molar-refractivity contribution in [2.24, 2.45) is 0 Å². The van der Waals surface area contributed by atoms with Crippen LogP contribution < -0.4 is 4.74 Å². The van der Waals surface area contributed by atoms with Gasteiger partial charge in [0.2, 0.25) is 5.91 Å². The molecule has 1 unspecified atom stereocenters. The van der Waals surface area contributed by atoms with Crippen molar-refractivity contribution in [1.29, 1.82) is 0 Å². The number of thiazole rings is 1. The Morgan fingerprint density at radius 1 is 1.14 bits per heavy atom. The summed E-state index contributed by atoms with van der Waals surface area (Å²) in [4.78, 5) is 34.8. The number of rotatable bonds is 6. The van der Waals surface area contributed by atoms with Crippen LogP contribution in [0, 0.1) is 6.92 Å². The van der Waals surface area contributed by atoms with Crippen LogP contribution in [0.1, 0.15) is 41.6 Å². The number of amides is 2. The van der Waals surface area contributed by atoms with Crippen LogP contribution >= 0.6 is 11.3 Å². The molecule has 188 valence electrons. The largest absolute Gasteiger partial charge is 0.497 e. The van der Waals surface area contributed by atoms with Crippen molar-refractivity contribution in [3.8, 4) is 5.75 Å². The Labute approximate surface area is 215 Å². The summed E-state index contributed by atoms with van der Waals surface area (Å²) >= 11 is 1.58. The highest BCUT2D eigenvalue weighted by Gasteiger charge is 2.63. The molecule has 0 bridgehead atoms. The summed E-state index contributed by atoms with van der Waals surface area (Å²) in [5.74, 6) is 0.809. The lowest BCUT2D eigenvalue weighted by Gasteiger charge is -2.48. The van der Waals surface area contributed by atoms with E-state index in [1.807, 2.05) is 64.6 Å². The molecule has 2 aromatic carbocycles. The first-order valence-corrected chi connectivity index (χ1v) is 13.1. The molecule has 5 rings (SSSR count). The van der Waals surface area contributed by atoms with Crippen molar-refractivity contribution in [2.75, 3.05) is 20.2 Å². The predicted octanol–water partition coefficient (Wildman–Crippen LogP) is 4.93. The zero-order chi connectivity index (χ0) is 25.3. The van der Waals surface area contributed by atoms with Crippen LogP contribution in [0.5, 0.6) is 5.75 Å². The highest BCUT2D eigenvalue weighted by Crippen LogP contribution is 2.52. The lowest BCUT2D eigenvalue weighted by molar-refractivity contribution is -0.136. The molecule has 0 radical (unpaired) electrons. The molecule has 0 N–H and O–H groups in total. The van der Waals surface area contributed by atoms with Gasteiger partial charge in [-0.25, -0.2) is 9.78 Å².